The molecule has 124 valence electrons. The van der Waals surface area contributed by atoms with Crippen LogP contribution in [0.5, 0.6) is 0 Å². The van der Waals surface area contributed by atoms with E-state index >= 15 is 0 Å². The molecule has 4 N–H and O–H groups in total. The number of para-hydroxylation sites is 1. The van der Waals surface area contributed by atoms with Gasteiger partial charge in [-0.2, -0.15) is 0 Å². The van der Waals surface area contributed by atoms with Crippen LogP contribution in [0.4, 0.5) is 10.1 Å². The fourth-order valence-corrected chi connectivity index (χ4v) is 3.34. The van der Waals surface area contributed by atoms with Gasteiger partial charge in [-0.15, -0.1) is 0 Å². The number of nitrogens with two attached hydrogens (primary N) is 1. The van der Waals surface area contributed by atoms with Crippen LogP contribution in [-0.4, -0.2) is 26.6 Å². The lowest BCUT2D eigenvalue weighted by molar-refractivity contribution is -0.114. The van der Waals surface area contributed by atoms with Crippen molar-refractivity contribution in [3.05, 3.63) is 53.8 Å². The van der Waals surface area contributed by atoms with E-state index in [4.69, 9.17) is 5.73 Å². The highest BCUT2D eigenvalue weighted by Crippen LogP contribution is 2.21. The fourth-order valence-electron chi connectivity index (χ4n) is 2.25. The number of fused-ring (bicyclic) bond motifs is 1. The molecule has 1 unspecified atom stereocenters. The Morgan fingerprint density at radius 1 is 1.29 bits per heavy atom. The maximum atomic E-state index is 13.2. The first-order chi connectivity index (χ1) is 11.6. The lowest BCUT2D eigenvalue weighted by Gasteiger charge is -2.09. The average molecular weight is 346 g/mol. The fraction of sp³-hybridized carbons (Fsp3) is 0.125. The van der Waals surface area contributed by atoms with Gasteiger partial charge in [0.05, 0.1) is 34.1 Å². The van der Waals surface area contributed by atoms with Crippen molar-refractivity contribution in [3.63, 3.8) is 0 Å². The zero-order chi connectivity index (χ0) is 17.1. The first kappa shape index (κ1) is 16.3. The van der Waals surface area contributed by atoms with Gasteiger partial charge in [-0.1, -0.05) is 18.2 Å². The third-order valence-corrected chi connectivity index (χ3v) is 4.60. The Hall–Kier alpha value is -2.58. The van der Waals surface area contributed by atoms with Crippen molar-refractivity contribution in [2.24, 2.45) is 5.73 Å². The average Bonchev–Trinajstić information content (AvgIpc) is 2.99. The van der Waals surface area contributed by atoms with Gasteiger partial charge in [0.2, 0.25) is 5.91 Å². The number of anilines is 1. The van der Waals surface area contributed by atoms with E-state index in [9.17, 15) is 13.4 Å². The maximum absolute atomic E-state index is 13.2. The summed E-state index contributed by atoms with van der Waals surface area (Å²) in [6.45, 7) is -0.132. The Bertz CT molecular complexity index is 925. The minimum atomic E-state index is -1.47. The molecule has 1 amide bonds. The van der Waals surface area contributed by atoms with Gasteiger partial charge < -0.3 is 16.0 Å². The van der Waals surface area contributed by atoms with E-state index in [0.29, 0.717) is 22.3 Å². The predicted molar refractivity (Wildman–Crippen MR) is 90.3 cm³/mol. The van der Waals surface area contributed by atoms with Crippen molar-refractivity contribution in [1.29, 1.82) is 0 Å². The summed E-state index contributed by atoms with van der Waals surface area (Å²) >= 11 is 0. The Kier molecular flexibility index (Phi) is 4.68. The number of imidazole rings is 1. The number of halogens is 1. The molecule has 6 nitrogen and oxygen atoms in total. The van der Waals surface area contributed by atoms with Crippen LogP contribution in [0.15, 0.2) is 47.6 Å². The van der Waals surface area contributed by atoms with Crippen LogP contribution in [0.3, 0.4) is 0 Å². The number of hydrogen-bond acceptors (Lipinski definition) is 4. The van der Waals surface area contributed by atoms with Crippen molar-refractivity contribution in [1.82, 2.24) is 9.97 Å². The summed E-state index contributed by atoms with van der Waals surface area (Å²) in [5, 5.41) is 2.93. The summed E-state index contributed by atoms with van der Waals surface area (Å²) in [5.74, 6) is -0.561. The molecule has 0 radical (unpaired) electrons. The molecule has 1 heterocycles. The molecule has 0 saturated heterocycles. The molecule has 8 heteroatoms. The number of nitrogens with zero attached hydrogens (tertiary/aromatic N) is 1. The summed E-state index contributed by atoms with van der Waals surface area (Å²) in [7, 11) is -1.47. The number of aromatic amines is 1. The largest absolute Gasteiger partial charge is 0.331 e. The Balaban J connectivity index is 1.85. The molecule has 0 aliphatic rings. The summed E-state index contributed by atoms with van der Waals surface area (Å²) in [5.41, 5.74) is 7.59. The predicted octanol–water partition coefficient (Wildman–Crippen LogP) is 1.91. The van der Waals surface area contributed by atoms with Crippen molar-refractivity contribution in [2.45, 2.75) is 10.9 Å². The van der Waals surface area contributed by atoms with Gasteiger partial charge in [-0.25, -0.2) is 9.37 Å². The van der Waals surface area contributed by atoms with E-state index in [1.165, 1.54) is 18.2 Å². The lowest BCUT2D eigenvalue weighted by atomic mass is 10.2. The monoisotopic (exact) mass is 346 g/mol. The number of carbonyl (C=O) groups excluding carboxylic acids is 1. The van der Waals surface area contributed by atoms with Gasteiger partial charge in [-0.05, 0) is 29.8 Å². The lowest BCUT2D eigenvalue weighted by Crippen LogP contribution is -2.22. The molecule has 0 aliphatic heterocycles. The van der Waals surface area contributed by atoms with Gasteiger partial charge in [0.15, 0.2) is 5.16 Å². The molecule has 1 aromatic heterocycles. The van der Waals surface area contributed by atoms with Gasteiger partial charge in [0, 0.05) is 5.69 Å². The summed E-state index contributed by atoms with van der Waals surface area (Å²) < 4.78 is 25.8. The van der Waals surface area contributed by atoms with Crippen LogP contribution >= 0.6 is 0 Å². The van der Waals surface area contributed by atoms with Crippen molar-refractivity contribution in [2.75, 3.05) is 11.9 Å². The minimum Gasteiger partial charge on any atom is -0.331 e. The van der Waals surface area contributed by atoms with E-state index in [2.05, 4.69) is 15.3 Å². The first-order valence-corrected chi connectivity index (χ1v) is 8.50. The van der Waals surface area contributed by atoms with Gasteiger partial charge >= 0.3 is 0 Å². The highest BCUT2D eigenvalue weighted by molar-refractivity contribution is 7.84. The van der Waals surface area contributed by atoms with Gasteiger partial charge in [0.1, 0.15) is 5.82 Å². The third-order valence-electron chi connectivity index (χ3n) is 3.40. The van der Waals surface area contributed by atoms with Crippen LogP contribution in [0.25, 0.3) is 11.0 Å². The molecule has 0 fully saturated rings. The van der Waals surface area contributed by atoms with E-state index in [0.717, 1.165) is 0 Å². The van der Waals surface area contributed by atoms with Crippen LogP contribution in [-0.2, 0) is 21.3 Å². The molecular weight excluding hydrogens is 331 g/mol. The number of amides is 1. The summed E-state index contributed by atoms with van der Waals surface area (Å²) in [6.07, 6.45) is 0. The van der Waals surface area contributed by atoms with Gasteiger partial charge in [0.25, 0.3) is 0 Å². The molecule has 0 saturated carbocycles. The quantitative estimate of drug-likeness (QED) is 0.657. The van der Waals surface area contributed by atoms with Crippen molar-refractivity contribution >= 4 is 33.4 Å². The normalized spacial score (nSPS) is 12.2. The summed E-state index contributed by atoms with van der Waals surface area (Å²) in [6, 6.07) is 11.2. The highest BCUT2D eigenvalue weighted by atomic mass is 32.2. The molecule has 0 aliphatic carbocycles. The number of benzene rings is 2. The highest BCUT2D eigenvalue weighted by Gasteiger charge is 2.14. The number of nitrogens with one attached hydrogen (secondary N) is 2. The molecule has 0 bridgehead atoms. The zero-order valence-electron chi connectivity index (χ0n) is 12.6. The second-order valence-corrected chi connectivity index (χ2v) is 6.47. The number of aromatic nitrogens is 2. The molecule has 3 rings (SSSR count). The molecule has 3 aromatic rings. The summed E-state index contributed by atoms with van der Waals surface area (Å²) in [4.78, 5) is 18.6. The number of carbonyl (C=O) groups is 1. The molecule has 1 atom stereocenters. The minimum absolute atomic E-state index is 0.132. The SMILES string of the molecule is NCC(=O)Nc1ccccc1CS(=O)c1nc2ccc(F)cc2[nH]1. The second-order valence-electron chi connectivity index (χ2n) is 5.10. The van der Waals surface area contributed by atoms with Crippen molar-refractivity contribution < 1.29 is 13.4 Å². The van der Waals surface area contributed by atoms with E-state index < -0.39 is 16.6 Å². The number of rotatable bonds is 5. The second kappa shape index (κ2) is 6.90. The van der Waals surface area contributed by atoms with Crippen LogP contribution in [0, 0.1) is 5.82 Å². The van der Waals surface area contributed by atoms with E-state index in [1.807, 2.05) is 0 Å². The van der Waals surface area contributed by atoms with Crippen molar-refractivity contribution in [3.8, 4) is 0 Å². The maximum Gasteiger partial charge on any atom is 0.238 e. The number of hydrogen-bond donors (Lipinski definition) is 3. The Morgan fingerprint density at radius 2 is 2.08 bits per heavy atom. The first-order valence-electron chi connectivity index (χ1n) is 7.18. The van der Waals surface area contributed by atoms with E-state index in [1.54, 1.807) is 24.3 Å². The molecule has 24 heavy (non-hydrogen) atoms. The topological polar surface area (TPSA) is 101 Å². The van der Waals surface area contributed by atoms with Crippen LogP contribution in [0.1, 0.15) is 5.56 Å². The molecule has 2 aromatic carbocycles. The van der Waals surface area contributed by atoms with Crippen LogP contribution < -0.4 is 11.1 Å². The molecular formula is C16H15FN4O2S. The Morgan fingerprint density at radius 3 is 2.88 bits per heavy atom. The van der Waals surface area contributed by atoms with Crippen LogP contribution in [0.2, 0.25) is 0 Å². The van der Waals surface area contributed by atoms with E-state index in [-0.39, 0.29) is 23.4 Å². The third kappa shape index (κ3) is 3.50. The smallest absolute Gasteiger partial charge is 0.238 e. The number of H-pyrrole nitrogens is 1. The Labute approximate surface area is 139 Å². The standard InChI is InChI=1S/C16H15FN4O2S/c17-11-5-6-13-14(7-11)21-16(20-13)24(23)9-10-3-1-2-4-12(10)19-15(22)8-18/h1-7H,8-9,18H2,(H,19,22)(H,20,21). The molecule has 0 spiro atoms. The zero-order valence-corrected chi connectivity index (χ0v) is 13.4. The van der Waals surface area contributed by atoms with Gasteiger partial charge in [-0.3, -0.25) is 9.00 Å².